The molecule has 0 fully saturated rings. The number of benzene rings is 8. The maximum absolute atomic E-state index is 9.37. The summed E-state index contributed by atoms with van der Waals surface area (Å²) in [5, 5.41) is 0. The van der Waals surface area contributed by atoms with E-state index >= 15 is 0 Å². The Bertz CT molecular complexity index is 4030. The number of fused-ring (bicyclic) bond motifs is 10. The summed E-state index contributed by atoms with van der Waals surface area (Å²) in [6, 6.07) is 58.6. The van der Waals surface area contributed by atoms with Crippen molar-refractivity contribution in [2.75, 3.05) is 9.62 Å². The molecule has 8 aromatic carbocycles. The predicted molar refractivity (Wildman–Crippen MR) is 271 cm³/mol. The monoisotopic (exact) mass is 1050 g/mol. The van der Waals surface area contributed by atoms with Gasteiger partial charge < -0.3 is 0 Å². The number of pyridine rings is 1. The summed E-state index contributed by atoms with van der Waals surface area (Å²) in [6.07, 6.45) is 0. The first kappa shape index (κ1) is 33.9. The van der Waals surface area contributed by atoms with E-state index in [9.17, 15) is 2.74 Å². The van der Waals surface area contributed by atoms with Gasteiger partial charge in [-0.2, -0.15) is 0 Å². The van der Waals surface area contributed by atoms with Gasteiger partial charge in [-0.05, 0) is 17.7 Å². The fourth-order valence-corrected chi connectivity index (χ4v) is 11.4. The zero-order valence-electron chi connectivity index (χ0n) is 42.8. The molecule has 0 bridgehead atoms. The summed E-state index contributed by atoms with van der Waals surface area (Å²) >= 11 is 2.39. The van der Waals surface area contributed by atoms with Crippen LogP contribution in [0.1, 0.15) is 40.1 Å². The fourth-order valence-electron chi connectivity index (χ4n) is 10.3. The van der Waals surface area contributed by atoms with Crippen molar-refractivity contribution in [1.82, 2.24) is 14.1 Å². The number of para-hydroxylation sites is 6. The van der Waals surface area contributed by atoms with Crippen LogP contribution in [-0.4, -0.2) is 21.1 Å². The van der Waals surface area contributed by atoms with Gasteiger partial charge in [0.05, 0.1) is 4.11 Å². The molecule has 6 nitrogen and oxygen atoms in total. The summed E-state index contributed by atoms with van der Waals surface area (Å²) in [4.78, 5) is 9.56. The fraction of sp³-hybridized carbons (Fsp3) is 0.0847. The number of rotatable bonds is 6. The molecule has 0 unspecified atom stereocenters. The molecule has 0 aliphatic carbocycles. The zero-order chi connectivity index (χ0) is 50.2. The molecule has 0 N–H and O–H groups in total. The van der Waals surface area contributed by atoms with Crippen molar-refractivity contribution in [1.29, 1.82) is 0 Å². The summed E-state index contributed by atoms with van der Waals surface area (Å²) < 4.78 is 65.9. The van der Waals surface area contributed by atoms with Crippen LogP contribution in [0.4, 0.5) is 22.9 Å². The third-order valence-electron chi connectivity index (χ3n) is 13.4. The van der Waals surface area contributed by atoms with Crippen molar-refractivity contribution in [3.05, 3.63) is 209 Å². The number of aryl methyl sites for hydroxylation is 1. The van der Waals surface area contributed by atoms with Crippen molar-refractivity contribution in [3.63, 3.8) is 0 Å². The first-order valence-corrected chi connectivity index (χ1v) is 23.5. The summed E-state index contributed by atoms with van der Waals surface area (Å²) in [7, 11) is 0. The Hall–Kier alpha value is -7.47. The third kappa shape index (κ3) is 6.07. The molecular formula is C59H44BN5OPt. The number of ether oxygens (including phenoxy) is 1. The average Bonchev–Trinajstić information content (AvgIpc) is 3.90. The Balaban J connectivity index is 0.992. The van der Waals surface area contributed by atoms with Gasteiger partial charge in [0, 0.05) is 11.3 Å². The second kappa shape index (κ2) is 15.0. The van der Waals surface area contributed by atoms with E-state index in [1.807, 2.05) is 72.8 Å². The molecule has 5 heterocycles. The van der Waals surface area contributed by atoms with Crippen LogP contribution in [0.5, 0.6) is 11.6 Å². The molecule has 0 spiro atoms. The summed E-state index contributed by atoms with van der Waals surface area (Å²) in [5.41, 5.74) is 15.2. The van der Waals surface area contributed by atoms with Gasteiger partial charge in [0.25, 0.3) is 0 Å². The standard InChI is InChI=1S/C59H44BN5O.Pt/c1-38-31-32-42(62-37-63(51-28-11-10-27-50(51)62)57-43(39-17-6-5-7-18-39)22-15-23-44(57)40-19-14-20-41(35-40)59(2,3)4)36-54(38)66-55-34-33-48-47-25-16-24-46-45-21-8-9-26-49(45)64-52-29-12-13-30-53(52)65(58(48)61-55)60(64)56(46)47;/h5-36H,1-4H3;/i1D3,16D,24D,25D;. The molecule has 3 aliphatic rings. The van der Waals surface area contributed by atoms with Crippen LogP contribution in [0.25, 0.3) is 66.9 Å². The molecule has 67 heavy (non-hydrogen) atoms. The van der Waals surface area contributed by atoms with E-state index in [-0.39, 0.29) is 40.7 Å². The molecule has 10 aromatic rings. The quantitative estimate of drug-likeness (QED) is 0.156. The second-order valence-electron chi connectivity index (χ2n) is 18.3. The van der Waals surface area contributed by atoms with E-state index in [0.29, 0.717) is 28.2 Å². The molecule has 324 valence electrons. The van der Waals surface area contributed by atoms with Crippen molar-refractivity contribution >= 4 is 46.4 Å². The summed E-state index contributed by atoms with van der Waals surface area (Å²) in [6.45, 7) is 3.64. The first-order valence-electron chi connectivity index (χ1n) is 25.4. The molecule has 8 heteroatoms. The van der Waals surface area contributed by atoms with E-state index < -0.39 is 13.8 Å². The third-order valence-corrected chi connectivity index (χ3v) is 14.4. The van der Waals surface area contributed by atoms with E-state index in [2.05, 4.69) is 144 Å². The molecule has 0 saturated carbocycles. The number of nitrogens with zero attached hydrogens (tertiary/aromatic N) is 5. The van der Waals surface area contributed by atoms with Crippen LogP contribution in [0.2, 0.25) is 0 Å². The topological polar surface area (TPSA) is 38.5 Å². The van der Waals surface area contributed by atoms with Gasteiger partial charge in [0.1, 0.15) is 0 Å². The Morgan fingerprint density at radius 1 is 0.582 bits per heavy atom. The Labute approximate surface area is 410 Å². The van der Waals surface area contributed by atoms with Crippen molar-refractivity contribution < 1.29 is 32.3 Å². The molecule has 3 aliphatic heterocycles. The molecule has 0 radical (unpaired) electrons. The zero-order valence-corrected chi connectivity index (χ0v) is 39.1. The van der Waals surface area contributed by atoms with Crippen LogP contribution in [0, 0.1) is 10.7 Å². The molecule has 0 atom stereocenters. The normalized spacial score (nSPS) is 14.6. The second-order valence-corrected chi connectivity index (χ2v) is 19.3. The van der Waals surface area contributed by atoms with Gasteiger partial charge in [-0.25, -0.2) is 0 Å². The predicted octanol–water partition coefficient (Wildman–Crippen LogP) is 14.3. The van der Waals surface area contributed by atoms with E-state index in [1.165, 1.54) is 5.56 Å². The van der Waals surface area contributed by atoms with Gasteiger partial charge >= 0.3 is 336 Å². The van der Waals surface area contributed by atoms with Crippen molar-refractivity contribution in [2.24, 2.45) is 0 Å². The molecule has 13 rings (SSSR count). The van der Waals surface area contributed by atoms with E-state index in [1.54, 1.807) is 18.2 Å². The Morgan fingerprint density at radius 3 is 2.00 bits per heavy atom. The van der Waals surface area contributed by atoms with Crippen molar-refractivity contribution in [2.45, 2.75) is 33.0 Å². The number of aromatic nitrogens is 3. The molecule has 0 saturated heterocycles. The van der Waals surface area contributed by atoms with Crippen LogP contribution >= 0.6 is 0 Å². The first-order chi connectivity index (χ1) is 35.2. The minimum atomic E-state index is -2.54. The van der Waals surface area contributed by atoms with E-state index in [0.717, 1.165) is 70.9 Å². The van der Waals surface area contributed by atoms with Crippen LogP contribution in [0.15, 0.2) is 194 Å². The van der Waals surface area contributed by atoms with Gasteiger partial charge in [0.15, 0.2) is 0 Å². The molecule has 0 amide bonds. The Morgan fingerprint density at radius 2 is 1.22 bits per heavy atom. The van der Waals surface area contributed by atoms with Gasteiger partial charge in [0.2, 0.25) is 0 Å². The van der Waals surface area contributed by atoms with Crippen LogP contribution < -0.4 is 19.8 Å². The number of imidazole rings is 1. The number of hydrogen-bond acceptors (Lipinski definition) is 4. The minimum absolute atomic E-state index is 0.0163. The summed E-state index contributed by atoms with van der Waals surface area (Å²) in [5.74, 6) is 0.783. The van der Waals surface area contributed by atoms with E-state index in [4.69, 9.17) is 15.2 Å². The van der Waals surface area contributed by atoms with Crippen LogP contribution in [-0.2, 0) is 24.8 Å². The molecular weight excluding hydrogens is 1000 g/mol. The van der Waals surface area contributed by atoms with Gasteiger partial charge in [-0.1, -0.05) is 42.4 Å². The van der Waals surface area contributed by atoms with Gasteiger partial charge in [-0.15, -0.1) is 0 Å². The Kier molecular flexibility index (Phi) is 7.61. The number of anilines is 4. The van der Waals surface area contributed by atoms with Crippen LogP contribution in [0.3, 0.4) is 0 Å². The van der Waals surface area contributed by atoms with Crippen molar-refractivity contribution in [3.8, 4) is 67.5 Å². The van der Waals surface area contributed by atoms with Gasteiger partial charge in [-0.3, -0.25) is 0 Å². The average molecular weight is 1050 g/mol. The SMILES string of the molecule is [2H]c1c([2H])c2c3c(c1[2H])-c1ccc(Oc4cc(-n5[c](=[Pt])n(-c6c(-c7ccccc7)cccc6-c6cccc(C(C)(C)C)c6)c6ccccc65)ccc4C([2H])([2H])[2H])nc1N1B3N(c3ccccc3-2)c2ccccc21. The number of hydrogen-bond donors (Lipinski definition) is 0. The molecule has 2 aromatic heterocycles. The maximum atomic E-state index is 9.37.